The molecule has 1 aliphatic heterocycles. The van der Waals surface area contributed by atoms with Crippen molar-refractivity contribution < 1.29 is 9.59 Å². The highest BCUT2D eigenvalue weighted by Gasteiger charge is 2.32. The summed E-state index contributed by atoms with van der Waals surface area (Å²) >= 11 is 1.65. The average Bonchev–Trinajstić information content (AvgIpc) is 3.19. The molecule has 3 aromatic carbocycles. The van der Waals surface area contributed by atoms with Gasteiger partial charge in [0.05, 0.1) is 11.8 Å². The summed E-state index contributed by atoms with van der Waals surface area (Å²) in [5.74, 6) is 0.570. The number of benzene rings is 3. The van der Waals surface area contributed by atoms with Crippen molar-refractivity contribution in [2.45, 2.75) is 31.7 Å². The summed E-state index contributed by atoms with van der Waals surface area (Å²) in [4.78, 5) is 27.1. The van der Waals surface area contributed by atoms with Gasteiger partial charge in [-0.15, -0.1) is 11.8 Å². The van der Waals surface area contributed by atoms with Crippen LogP contribution in [0.1, 0.15) is 51.0 Å². The minimum atomic E-state index is -0.0966. The molecule has 2 atom stereocenters. The Morgan fingerprint density at radius 2 is 1.72 bits per heavy atom. The summed E-state index contributed by atoms with van der Waals surface area (Å²) in [6.07, 6.45) is 0.834. The van der Waals surface area contributed by atoms with Gasteiger partial charge in [0.2, 0.25) is 5.91 Å². The number of rotatable bonds is 7. The van der Waals surface area contributed by atoms with Gasteiger partial charge in [0.1, 0.15) is 5.37 Å². The molecule has 0 unspecified atom stereocenters. The van der Waals surface area contributed by atoms with Gasteiger partial charge in [-0.3, -0.25) is 9.59 Å². The smallest absolute Gasteiger partial charge is 0.251 e. The second-order valence-corrected chi connectivity index (χ2v) is 9.28. The minimum absolute atomic E-state index is 0.00481. The van der Waals surface area contributed by atoms with Crippen LogP contribution in [-0.4, -0.2) is 29.0 Å². The topological polar surface area (TPSA) is 49.4 Å². The van der Waals surface area contributed by atoms with Crippen LogP contribution >= 0.6 is 11.8 Å². The first kappa shape index (κ1) is 22.2. The number of thioether (sulfide) groups is 1. The van der Waals surface area contributed by atoms with Gasteiger partial charge in [0, 0.05) is 12.1 Å². The number of nitrogens with zero attached hydrogens (tertiary/aromatic N) is 1. The number of carbonyl (C=O) groups is 2. The van der Waals surface area contributed by atoms with Crippen molar-refractivity contribution in [3.8, 4) is 0 Å². The third kappa shape index (κ3) is 5.22. The van der Waals surface area contributed by atoms with Crippen molar-refractivity contribution in [2.75, 3.05) is 12.3 Å². The first-order chi connectivity index (χ1) is 15.5. The lowest BCUT2D eigenvalue weighted by atomic mass is 10.1. The first-order valence-corrected chi connectivity index (χ1v) is 12.0. The van der Waals surface area contributed by atoms with E-state index in [9.17, 15) is 9.59 Å². The molecule has 0 radical (unpaired) electrons. The number of amides is 2. The molecule has 3 aromatic rings. The molecule has 5 heteroatoms. The van der Waals surface area contributed by atoms with Gasteiger partial charge in [-0.25, -0.2) is 0 Å². The zero-order valence-corrected chi connectivity index (χ0v) is 19.3. The normalized spacial score (nSPS) is 16.8. The number of aryl methyl sites for hydroxylation is 1. The van der Waals surface area contributed by atoms with E-state index in [1.165, 1.54) is 11.1 Å². The maximum absolute atomic E-state index is 12.7. The monoisotopic (exact) mass is 444 g/mol. The van der Waals surface area contributed by atoms with E-state index in [-0.39, 0.29) is 23.2 Å². The SMILES string of the molecule is Cc1ccc([C@H](C)NC(=O)c2ccc([C@H]3SCC(=O)N3CCc3ccccc3)cc2)cc1. The van der Waals surface area contributed by atoms with E-state index >= 15 is 0 Å². The Bertz CT molecular complexity index is 1070. The third-order valence-corrected chi connectivity index (χ3v) is 7.09. The van der Waals surface area contributed by atoms with Gasteiger partial charge in [-0.1, -0.05) is 72.3 Å². The Morgan fingerprint density at radius 3 is 2.41 bits per heavy atom. The fourth-order valence-corrected chi connectivity index (χ4v) is 5.10. The molecule has 2 amide bonds. The molecule has 0 spiro atoms. The van der Waals surface area contributed by atoms with Crippen LogP contribution in [0.15, 0.2) is 78.9 Å². The molecular formula is C27H28N2O2S. The first-order valence-electron chi connectivity index (χ1n) is 10.9. The van der Waals surface area contributed by atoms with Crippen LogP contribution in [0.3, 0.4) is 0 Å². The van der Waals surface area contributed by atoms with Gasteiger partial charge >= 0.3 is 0 Å². The van der Waals surface area contributed by atoms with E-state index in [1.54, 1.807) is 11.8 Å². The second-order valence-electron chi connectivity index (χ2n) is 8.21. The van der Waals surface area contributed by atoms with E-state index in [0.29, 0.717) is 17.9 Å². The van der Waals surface area contributed by atoms with Crippen LogP contribution in [-0.2, 0) is 11.2 Å². The van der Waals surface area contributed by atoms with Crippen LogP contribution in [0.5, 0.6) is 0 Å². The summed E-state index contributed by atoms with van der Waals surface area (Å²) in [5.41, 5.74) is 5.18. The van der Waals surface area contributed by atoms with Crippen LogP contribution < -0.4 is 5.32 Å². The quantitative estimate of drug-likeness (QED) is 0.538. The van der Waals surface area contributed by atoms with Gasteiger partial charge in [-0.05, 0) is 49.1 Å². The predicted octanol–water partition coefficient (Wildman–Crippen LogP) is 5.30. The Morgan fingerprint density at radius 1 is 1.03 bits per heavy atom. The van der Waals surface area contributed by atoms with Crippen molar-refractivity contribution in [3.05, 3.63) is 107 Å². The molecule has 1 N–H and O–H groups in total. The highest BCUT2D eigenvalue weighted by Crippen LogP contribution is 2.38. The molecule has 164 valence electrons. The van der Waals surface area contributed by atoms with Crippen LogP contribution in [0.4, 0.5) is 0 Å². The van der Waals surface area contributed by atoms with Crippen LogP contribution in [0, 0.1) is 6.92 Å². The Kier molecular flexibility index (Phi) is 6.96. The van der Waals surface area contributed by atoms with Crippen molar-refractivity contribution in [3.63, 3.8) is 0 Å². The van der Waals surface area contributed by atoms with Crippen molar-refractivity contribution >= 4 is 23.6 Å². The lowest BCUT2D eigenvalue weighted by Crippen LogP contribution is -2.30. The van der Waals surface area contributed by atoms with E-state index < -0.39 is 0 Å². The average molecular weight is 445 g/mol. The highest BCUT2D eigenvalue weighted by atomic mass is 32.2. The highest BCUT2D eigenvalue weighted by molar-refractivity contribution is 8.00. The number of nitrogens with one attached hydrogen (secondary N) is 1. The van der Waals surface area contributed by atoms with Gasteiger partial charge in [0.15, 0.2) is 0 Å². The van der Waals surface area contributed by atoms with Crippen LogP contribution in [0.2, 0.25) is 0 Å². The molecule has 0 aliphatic carbocycles. The molecule has 0 saturated carbocycles. The standard InChI is InChI=1S/C27H28N2O2S/c1-19-8-10-22(11-9-19)20(2)28-26(31)23-12-14-24(15-13-23)27-29(25(30)18-32-27)17-16-21-6-4-3-5-7-21/h3-15,20,27H,16-18H2,1-2H3,(H,28,31)/t20-,27+/m0/s1. The van der Waals surface area contributed by atoms with Crippen molar-refractivity contribution in [1.29, 1.82) is 0 Å². The number of carbonyl (C=O) groups excluding carboxylic acids is 2. The molecule has 1 saturated heterocycles. The number of hydrogen-bond donors (Lipinski definition) is 1. The predicted molar refractivity (Wildman–Crippen MR) is 131 cm³/mol. The van der Waals surface area contributed by atoms with Gasteiger partial charge in [-0.2, -0.15) is 0 Å². The maximum Gasteiger partial charge on any atom is 0.251 e. The summed E-state index contributed by atoms with van der Waals surface area (Å²) in [6.45, 7) is 4.73. The Hall–Kier alpha value is -3.05. The molecule has 1 fully saturated rings. The van der Waals surface area contributed by atoms with Gasteiger partial charge in [0.25, 0.3) is 5.91 Å². The second kappa shape index (κ2) is 10.0. The third-order valence-electron chi connectivity index (χ3n) is 5.84. The number of hydrogen-bond acceptors (Lipinski definition) is 3. The Balaban J connectivity index is 1.40. The summed E-state index contributed by atoms with van der Waals surface area (Å²) in [7, 11) is 0. The molecule has 32 heavy (non-hydrogen) atoms. The van der Waals surface area contributed by atoms with E-state index in [2.05, 4.69) is 29.6 Å². The molecule has 4 rings (SSSR count). The van der Waals surface area contributed by atoms with Crippen molar-refractivity contribution in [2.24, 2.45) is 0 Å². The van der Waals surface area contributed by atoms with Crippen molar-refractivity contribution in [1.82, 2.24) is 10.2 Å². The zero-order valence-electron chi connectivity index (χ0n) is 18.5. The molecule has 0 bridgehead atoms. The summed E-state index contributed by atoms with van der Waals surface area (Å²) in [6, 6.07) is 26.0. The van der Waals surface area contributed by atoms with E-state index in [0.717, 1.165) is 17.5 Å². The largest absolute Gasteiger partial charge is 0.346 e. The molecular weight excluding hydrogens is 416 g/mol. The fourth-order valence-electron chi connectivity index (χ4n) is 3.88. The minimum Gasteiger partial charge on any atom is -0.346 e. The molecule has 4 nitrogen and oxygen atoms in total. The maximum atomic E-state index is 12.7. The lowest BCUT2D eigenvalue weighted by Gasteiger charge is -2.24. The molecule has 1 heterocycles. The van der Waals surface area contributed by atoms with E-state index in [4.69, 9.17) is 0 Å². The molecule has 1 aliphatic rings. The zero-order chi connectivity index (χ0) is 22.5. The molecule has 0 aromatic heterocycles. The van der Waals surface area contributed by atoms with Gasteiger partial charge < -0.3 is 10.2 Å². The summed E-state index contributed by atoms with van der Waals surface area (Å²) < 4.78 is 0. The van der Waals surface area contributed by atoms with E-state index in [1.807, 2.05) is 73.3 Å². The lowest BCUT2D eigenvalue weighted by molar-refractivity contribution is -0.128. The summed E-state index contributed by atoms with van der Waals surface area (Å²) in [5, 5.41) is 3.06. The fraction of sp³-hybridized carbons (Fsp3) is 0.259. The Labute approximate surface area is 194 Å². The van der Waals surface area contributed by atoms with Crippen LogP contribution in [0.25, 0.3) is 0 Å².